The van der Waals surface area contributed by atoms with Gasteiger partial charge in [0.2, 0.25) is 0 Å². The topological polar surface area (TPSA) is 85.2 Å². The number of para-hydroxylation sites is 2. The molecule has 5 rings (SSSR count). The van der Waals surface area contributed by atoms with Crippen molar-refractivity contribution in [3.63, 3.8) is 0 Å². The summed E-state index contributed by atoms with van der Waals surface area (Å²) in [7, 11) is 0. The van der Waals surface area contributed by atoms with Crippen LogP contribution in [0.25, 0.3) is 37.2 Å². The first kappa shape index (κ1) is 18.5. The van der Waals surface area contributed by atoms with Crippen LogP contribution < -0.4 is 5.49 Å². The number of benzene rings is 2. The Hall–Kier alpha value is -3.53. The van der Waals surface area contributed by atoms with Crippen molar-refractivity contribution >= 4 is 37.3 Å². The summed E-state index contributed by atoms with van der Waals surface area (Å²) in [4.78, 5) is 5.58. The summed E-state index contributed by atoms with van der Waals surface area (Å²) in [5.74, 6) is 0. The first-order chi connectivity index (χ1) is 14.7. The third-order valence-corrected chi connectivity index (χ3v) is 6.49. The van der Waals surface area contributed by atoms with Crippen molar-refractivity contribution in [3.8, 4) is 17.3 Å². The van der Waals surface area contributed by atoms with Gasteiger partial charge in [-0.2, -0.15) is 5.26 Å². The lowest BCUT2D eigenvalue weighted by Gasteiger charge is -2.14. The molecule has 0 aliphatic carbocycles. The van der Waals surface area contributed by atoms with Crippen molar-refractivity contribution in [2.45, 2.75) is 12.8 Å². The van der Waals surface area contributed by atoms with Gasteiger partial charge in [0.15, 0.2) is 0 Å². The number of fused-ring (bicyclic) bond motifs is 4. The lowest BCUT2D eigenvalue weighted by molar-refractivity contribution is 0.288. The van der Waals surface area contributed by atoms with Crippen LogP contribution in [0.3, 0.4) is 0 Å². The predicted molar refractivity (Wildman–Crippen MR) is 119 cm³/mol. The molecule has 0 saturated carbocycles. The van der Waals surface area contributed by atoms with E-state index in [4.69, 9.17) is 10.4 Å². The maximum absolute atomic E-state index is 10.1. The van der Waals surface area contributed by atoms with Crippen molar-refractivity contribution in [3.05, 3.63) is 77.3 Å². The largest absolute Gasteiger partial charge is 0.396 e. The minimum absolute atomic E-state index is 0.0282. The van der Waals surface area contributed by atoms with Crippen LogP contribution in [0.15, 0.2) is 60.7 Å². The summed E-state index contributed by atoms with van der Waals surface area (Å²) in [6.07, 6.45) is 1.04. The van der Waals surface area contributed by atoms with Crippen LogP contribution in [0.2, 0.25) is 0 Å². The zero-order valence-corrected chi connectivity index (χ0v) is 16.9. The maximum atomic E-state index is 10.1. The molecule has 0 atom stereocenters. The first-order valence-electron chi connectivity index (χ1n) is 9.74. The van der Waals surface area contributed by atoms with Crippen LogP contribution in [0, 0.1) is 16.7 Å². The second-order valence-electron chi connectivity index (χ2n) is 7.12. The number of nitrogens with one attached hydrogen (secondary N) is 1. The van der Waals surface area contributed by atoms with Gasteiger partial charge < -0.3 is 5.11 Å². The number of aromatic nitrogens is 2. The van der Waals surface area contributed by atoms with Gasteiger partial charge in [0, 0.05) is 17.6 Å². The van der Waals surface area contributed by atoms with Gasteiger partial charge in [-0.05, 0) is 42.7 Å². The van der Waals surface area contributed by atoms with Crippen LogP contribution in [0.4, 0.5) is 0 Å². The Labute approximate surface area is 176 Å². The summed E-state index contributed by atoms with van der Waals surface area (Å²) in [6, 6.07) is 22.1. The Balaban J connectivity index is 1.93. The molecular formula is C24H18N4OS. The van der Waals surface area contributed by atoms with Gasteiger partial charge in [-0.3, -0.25) is 9.81 Å². The van der Waals surface area contributed by atoms with E-state index in [1.807, 2.05) is 65.1 Å². The van der Waals surface area contributed by atoms with Gasteiger partial charge in [0.1, 0.15) is 16.4 Å². The highest BCUT2D eigenvalue weighted by Crippen LogP contribution is 2.33. The molecule has 0 unspecified atom stereocenters. The van der Waals surface area contributed by atoms with Crippen LogP contribution in [0.5, 0.6) is 0 Å². The maximum Gasteiger partial charge on any atom is 0.140 e. The molecule has 0 spiro atoms. The van der Waals surface area contributed by atoms with Crippen molar-refractivity contribution in [2.24, 2.45) is 0 Å². The number of rotatable bonds is 4. The summed E-state index contributed by atoms with van der Waals surface area (Å²) in [5, 5.41) is 29.6. The third-order valence-electron chi connectivity index (χ3n) is 5.34. The smallest absolute Gasteiger partial charge is 0.140 e. The first-order valence-corrected chi connectivity index (χ1v) is 10.6. The Morgan fingerprint density at radius 3 is 2.70 bits per heavy atom. The molecule has 0 radical (unpaired) electrons. The summed E-state index contributed by atoms with van der Waals surface area (Å²) in [6.45, 7) is 0.0282. The average Bonchev–Trinajstić information content (AvgIpc) is 3.17. The second-order valence-corrected chi connectivity index (χ2v) is 8.15. The van der Waals surface area contributed by atoms with E-state index in [-0.39, 0.29) is 6.61 Å². The minimum Gasteiger partial charge on any atom is -0.396 e. The van der Waals surface area contributed by atoms with Crippen LogP contribution in [-0.2, 0) is 6.42 Å². The van der Waals surface area contributed by atoms with E-state index >= 15 is 0 Å². The number of aliphatic hydroxyl groups excluding tert-OH is 1. The molecular weight excluding hydrogens is 392 g/mol. The van der Waals surface area contributed by atoms with Crippen LogP contribution in [-0.4, -0.2) is 21.1 Å². The minimum atomic E-state index is 0.0282. The Morgan fingerprint density at radius 1 is 1.07 bits per heavy atom. The Morgan fingerprint density at radius 2 is 1.87 bits per heavy atom. The molecule has 0 aliphatic heterocycles. The Bertz CT molecular complexity index is 1520. The van der Waals surface area contributed by atoms with Crippen molar-refractivity contribution < 1.29 is 5.11 Å². The third kappa shape index (κ3) is 2.79. The molecule has 5 aromatic rings. The molecule has 30 heavy (non-hydrogen) atoms. The molecule has 0 fully saturated rings. The molecule has 2 N–H and O–H groups in total. The van der Waals surface area contributed by atoms with Gasteiger partial charge in [-0.25, -0.2) is 4.98 Å². The zero-order valence-electron chi connectivity index (χ0n) is 16.1. The molecule has 3 aromatic heterocycles. The fraction of sp³-hybridized carbons (Fsp3) is 0.125. The van der Waals surface area contributed by atoms with Gasteiger partial charge in [0.05, 0.1) is 27.0 Å². The number of hydrogen-bond donors (Lipinski definition) is 2. The highest BCUT2D eigenvalue weighted by atomic mass is 32.1. The quantitative estimate of drug-likeness (QED) is 0.452. The van der Waals surface area contributed by atoms with Crippen LogP contribution in [0.1, 0.15) is 17.5 Å². The van der Waals surface area contributed by atoms with Gasteiger partial charge in [-0.15, -0.1) is 11.3 Å². The summed E-state index contributed by atoms with van der Waals surface area (Å²) >= 11 is 1.52. The summed E-state index contributed by atoms with van der Waals surface area (Å²) < 4.78 is 2.88. The molecule has 0 amide bonds. The van der Waals surface area contributed by atoms with E-state index in [9.17, 15) is 10.4 Å². The lowest BCUT2D eigenvalue weighted by atomic mass is 9.96. The highest BCUT2D eigenvalue weighted by Gasteiger charge is 2.21. The van der Waals surface area contributed by atoms with E-state index < -0.39 is 0 Å². The molecule has 2 aromatic carbocycles. The van der Waals surface area contributed by atoms with Crippen LogP contribution >= 0.6 is 11.3 Å². The van der Waals surface area contributed by atoms with Crippen molar-refractivity contribution in [1.29, 1.82) is 10.7 Å². The number of nitrogens with zero attached hydrogens (tertiary/aromatic N) is 3. The molecule has 0 aliphatic rings. The van der Waals surface area contributed by atoms with Crippen molar-refractivity contribution in [1.82, 2.24) is 9.38 Å². The monoisotopic (exact) mass is 410 g/mol. The average molecular weight is 411 g/mol. The Kier molecular flexibility index (Phi) is 4.55. The molecule has 0 bridgehead atoms. The van der Waals surface area contributed by atoms with E-state index in [2.05, 4.69) is 6.07 Å². The van der Waals surface area contributed by atoms with Gasteiger partial charge >= 0.3 is 0 Å². The standard InChI is InChI=1S/C24H18N4OS/c25-14-17-16(7-5-13-29)22(19-12-11-15-6-1-2-8-18(15)27-19)23(26)28-20-9-3-4-10-21(20)30-24(17)28/h1-4,6,8-12,26,29H,5,7,13H2. The molecule has 5 nitrogen and oxygen atoms in total. The predicted octanol–water partition coefficient (Wildman–Crippen LogP) is 4.65. The SMILES string of the molecule is N#Cc1c(CCCO)c(-c2ccc3ccccc3n2)c(=N)n2c1sc1ccccc12. The lowest BCUT2D eigenvalue weighted by Crippen LogP contribution is -2.20. The van der Waals surface area contributed by atoms with E-state index in [1.54, 1.807) is 0 Å². The zero-order chi connectivity index (χ0) is 20.7. The highest BCUT2D eigenvalue weighted by molar-refractivity contribution is 7.24. The molecule has 3 heterocycles. The number of hydrogen-bond acceptors (Lipinski definition) is 5. The second kappa shape index (κ2) is 7.38. The fourth-order valence-corrected chi connectivity index (χ4v) is 5.15. The van der Waals surface area contributed by atoms with E-state index in [0.717, 1.165) is 31.5 Å². The number of thiazole rings is 1. The van der Waals surface area contributed by atoms with E-state index in [1.165, 1.54) is 11.3 Å². The summed E-state index contributed by atoms with van der Waals surface area (Å²) in [5.41, 5.74) is 4.75. The molecule has 146 valence electrons. The molecule has 0 saturated heterocycles. The molecule has 6 heteroatoms. The normalized spacial score (nSPS) is 11.3. The number of aliphatic hydroxyl groups is 1. The number of nitriles is 1. The van der Waals surface area contributed by atoms with Gasteiger partial charge in [-0.1, -0.05) is 36.4 Å². The fourth-order valence-electron chi connectivity index (χ4n) is 3.98. The number of pyridine rings is 2. The van der Waals surface area contributed by atoms with E-state index in [0.29, 0.717) is 35.2 Å². The van der Waals surface area contributed by atoms with Gasteiger partial charge in [0.25, 0.3) is 0 Å². The van der Waals surface area contributed by atoms with Crippen molar-refractivity contribution in [2.75, 3.05) is 6.61 Å².